The van der Waals surface area contributed by atoms with Crippen LogP contribution >= 0.6 is 0 Å². The minimum atomic E-state index is -0.184. The van der Waals surface area contributed by atoms with Crippen molar-refractivity contribution in [1.29, 1.82) is 0 Å². The molecule has 0 spiro atoms. The molecule has 0 radical (unpaired) electrons. The molecule has 1 aromatic rings. The molecule has 0 bridgehead atoms. The Balaban J connectivity index is 1.85. The molecule has 1 aliphatic rings. The molecule has 1 aromatic heterocycles. The van der Waals surface area contributed by atoms with Crippen LogP contribution in [0.1, 0.15) is 25.8 Å². The first kappa shape index (κ1) is 16.2. The lowest BCUT2D eigenvalue weighted by Gasteiger charge is -2.23. The van der Waals surface area contributed by atoms with Crippen LogP contribution in [0.5, 0.6) is 0 Å². The van der Waals surface area contributed by atoms with Crippen molar-refractivity contribution in [3.8, 4) is 0 Å². The first-order chi connectivity index (χ1) is 9.95. The minimum Gasteiger partial charge on any atom is -0.392 e. The average Bonchev–Trinajstić information content (AvgIpc) is 2.83. The van der Waals surface area contributed by atoms with Crippen molar-refractivity contribution in [2.24, 2.45) is 0 Å². The molecule has 1 aliphatic heterocycles. The third kappa shape index (κ3) is 4.66. The highest BCUT2D eigenvalue weighted by Crippen LogP contribution is 2.14. The molecule has 0 amide bonds. The number of aromatic nitrogens is 1. The fourth-order valence-corrected chi connectivity index (χ4v) is 2.67. The molecule has 118 valence electrons. The second-order valence-electron chi connectivity index (χ2n) is 6.42. The number of hydrogen-bond acceptors (Lipinski definition) is 5. The van der Waals surface area contributed by atoms with Gasteiger partial charge in [0.2, 0.25) is 0 Å². The van der Waals surface area contributed by atoms with Gasteiger partial charge in [-0.1, -0.05) is 6.07 Å². The molecule has 2 atom stereocenters. The van der Waals surface area contributed by atoms with Gasteiger partial charge in [-0.2, -0.15) is 0 Å². The molecular formula is C16H28N4O. The summed E-state index contributed by atoms with van der Waals surface area (Å²) in [4.78, 5) is 8.98. The minimum absolute atomic E-state index is 0.184. The molecule has 1 fully saturated rings. The third-order valence-corrected chi connectivity index (χ3v) is 4.13. The van der Waals surface area contributed by atoms with E-state index in [-0.39, 0.29) is 6.10 Å². The molecule has 1 saturated heterocycles. The summed E-state index contributed by atoms with van der Waals surface area (Å²) >= 11 is 0. The molecular weight excluding hydrogens is 264 g/mol. The van der Waals surface area contributed by atoms with E-state index in [0.29, 0.717) is 12.1 Å². The number of pyridine rings is 1. The zero-order chi connectivity index (χ0) is 15.4. The van der Waals surface area contributed by atoms with Crippen molar-refractivity contribution in [2.45, 2.75) is 45.0 Å². The first-order valence-electron chi connectivity index (χ1n) is 7.73. The Morgan fingerprint density at radius 1 is 1.38 bits per heavy atom. The highest BCUT2D eigenvalue weighted by atomic mass is 16.3. The van der Waals surface area contributed by atoms with Gasteiger partial charge in [-0.3, -0.25) is 0 Å². The topological polar surface area (TPSA) is 51.6 Å². The van der Waals surface area contributed by atoms with E-state index < -0.39 is 0 Å². The van der Waals surface area contributed by atoms with Crippen molar-refractivity contribution in [3.05, 3.63) is 23.9 Å². The molecule has 5 heteroatoms. The Hall–Kier alpha value is -1.17. The third-order valence-electron chi connectivity index (χ3n) is 4.13. The highest BCUT2D eigenvalue weighted by Gasteiger charge is 2.22. The van der Waals surface area contributed by atoms with Gasteiger partial charge in [0, 0.05) is 45.0 Å². The number of hydrogen-bond donors (Lipinski definition) is 2. The number of anilines is 1. The maximum Gasteiger partial charge on any atom is 0.128 e. The lowest BCUT2D eigenvalue weighted by Crippen LogP contribution is -2.35. The predicted octanol–water partition coefficient (Wildman–Crippen LogP) is 1.08. The van der Waals surface area contributed by atoms with Crippen LogP contribution in [0, 0.1) is 0 Å². The van der Waals surface area contributed by atoms with Gasteiger partial charge in [0.15, 0.2) is 0 Å². The summed E-state index contributed by atoms with van der Waals surface area (Å²) in [5, 5.41) is 12.9. The number of likely N-dealkylation sites (N-methyl/N-ethyl adjacent to an activating group) is 1. The zero-order valence-corrected chi connectivity index (χ0v) is 13.6. The molecule has 0 aliphatic carbocycles. The number of rotatable bonds is 6. The van der Waals surface area contributed by atoms with Crippen LogP contribution in [-0.2, 0) is 6.54 Å². The van der Waals surface area contributed by atoms with Crippen LogP contribution in [0.4, 0.5) is 5.82 Å². The number of aliphatic hydroxyl groups is 1. The van der Waals surface area contributed by atoms with Gasteiger partial charge in [-0.15, -0.1) is 0 Å². The van der Waals surface area contributed by atoms with Crippen molar-refractivity contribution < 1.29 is 5.11 Å². The van der Waals surface area contributed by atoms with Gasteiger partial charge in [0.25, 0.3) is 0 Å². The van der Waals surface area contributed by atoms with E-state index in [2.05, 4.69) is 60.2 Å². The summed E-state index contributed by atoms with van der Waals surface area (Å²) in [6, 6.07) is 5.07. The van der Waals surface area contributed by atoms with Gasteiger partial charge >= 0.3 is 0 Å². The Kier molecular flexibility index (Phi) is 5.56. The summed E-state index contributed by atoms with van der Waals surface area (Å²) in [6.07, 6.45) is 2.62. The van der Waals surface area contributed by atoms with E-state index in [1.807, 2.05) is 6.20 Å². The van der Waals surface area contributed by atoms with Crippen molar-refractivity contribution in [1.82, 2.24) is 15.2 Å². The number of β-amino-alcohol motifs (C(OH)–C–C–N with tert-alkyl or cyclic N) is 1. The quantitative estimate of drug-likeness (QED) is 0.822. The average molecular weight is 292 g/mol. The van der Waals surface area contributed by atoms with Crippen LogP contribution < -0.4 is 10.2 Å². The van der Waals surface area contributed by atoms with Crippen molar-refractivity contribution in [2.75, 3.05) is 32.1 Å². The molecule has 5 nitrogen and oxygen atoms in total. The van der Waals surface area contributed by atoms with E-state index in [9.17, 15) is 5.11 Å². The predicted molar refractivity (Wildman–Crippen MR) is 86.5 cm³/mol. The van der Waals surface area contributed by atoms with E-state index >= 15 is 0 Å². The summed E-state index contributed by atoms with van der Waals surface area (Å²) < 4.78 is 0. The van der Waals surface area contributed by atoms with Crippen LogP contribution in [0.25, 0.3) is 0 Å². The van der Waals surface area contributed by atoms with E-state index in [1.165, 1.54) is 5.56 Å². The normalized spacial score (nSPS) is 22.2. The molecule has 21 heavy (non-hydrogen) atoms. The molecule has 2 rings (SSSR count). The van der Waals surface area contributed by atoms with E-state index in [0.717, 1.165) is 31.9 Å². The largest absolute Gasteiger partial charge is 0.392 e. The maximum atomic E-state index is 9.53. The summed E-state index contributed by atoms with van der Waals surface area (Å²) in [5.41, 5.74) is 1.22. The van der Waals surface area contributed by atoms with Crippen LogP contribution in [0.3, 0.4) is 0 Å². The van der Waals surface area contributed by atoms with Gasteiger partial charge in [0.1, 0.15) is 5.82 Å². The van der Waals surface area contributed by atoms with Gasteiger partial charge < -0.3 is 20.2 Å². The van der Waals surface area contributed by atoms with Gasteiger partial charge in [-0.05, 0) is 38.9 Å². The Bertz CT molecular complexity index is 434. The number of aliphatic hydroxyl groups excluding tert-OH is 1. The number of nitrogens with zero attached hydrogens (tertiary/aromatic N) is 3. The number of nitrogens with one attached hydrogen (secondary N) is 1. The van der Waals surface area contributed by atoms with Crippen LogP contribution in [0.15, 0.2) is 18.3 Å². The lowest BCUT2D eigenvalue weighted by atomic mass is 10.2. The summed E-state index contributed by atoms with van der Waals surface area (Å²) in [7, 11) is 4.18. The van der Waals surface area contributed by atoms with Crippen LogP contribution in [0.2, 0.25) is 0 Å². The standard InChI is InChI=1S/C16H28N4O/c1-12(2)20(4)16-6-5-13(8-18-16)10-19(3)11-14-7-15(21)9-17-14/h5-6,8,12,14-15,17,21H,7,9-11H2,1-4H3/t14-,15+/m0/s1. The molecule has 0 unspecified atom stereocenters. The SMILES string of the molecule is CC(C)N(C)c1ccc(CN(C)C[C@@H]2C[C@@H](O)CN2)cn1. The summed E-state index contributed by atoms with van der Waals surface area (Å²) in [6.45, 7) is 6.87. The van der Waals surface area contributed by atoms with E-state index in [4.69, 9.17) is 0 Å². The van der Waals surface area contributed by atoms with Crippen molar-refractivity contribution >= 4 is 5.82 Å². The molecule has 2 N–H and O–H groups in total. The Morgan fingerprint density at radius 3 is 2.67 bits per heavy atom. The second-order valence-corrected chi connectivity index (χ2v) is 6.42. The Morgan fingerprint density at radius 2 is 2.14 bits per heavy atom. The van der Waals surface area contributed by atoms with Crippen LogP contribution in [-0.4, -0.2) is 60.4 Å². The lowest BCUT2D eigenvalue weighted by molar-refractivity contribution is 0.189. The fourth-order valence-electron chi connectivity index (χ4n) is 2.67. The molecule has 0 saturated carbocycles. The fraction of sp³-hybridized carbons (Fsp3) is 0.688. The Labute approximate surface area is 128 Å². The van der Waals surface area contributed by atoms with Gasteiger partial charge in [0.05, 0.1) is 6.10 Å². The van der Waals surface area contributed by atoms with Gasteiger partial charge in [-0.25, -0.2) is 4.98 Å². The first-order valence-corrected chi connectivity index (χ1v) is 7.73. The van der Waals surface area contributed by atoms with Crippen molar-refractivity contribution in [3.63, 3.8) is 0 Å². The second kappa shape index (κ2) is 7.20. The highest BCUT2D eigenvalue weighted by molar-refractivity contribution is 5.39. The monoisotopic (exact) mass is 292 g/mol. The molecule has 0 aromatic carbocycles. The molecule has 2 heterocycles. The smallest absolute Gasteiger partial charge is 0.128 e. The maximum absolute atomic E-state index is 9.53. The summed E-state index contributed by atoms with van der Waals surface area (Å²) in [5.74, 6) is 1.01. The van der Waals surface area contributed by atoms with E-state index in [1.54, 1.807) is 0 Å². The zero-order valence-electron chi connectivity index (χ0n) is 13.6.